The molecule has 1 N–H and O–H groups in total. The lowest BCUT2D eigenvalue weighted by Gasteiger charge is -2.10. The molecule has 1 heterocycles. The Hall–Kier alpha value is -1.22. The molecule has 1 unspecified atom stereocenters. The van der Waals surface area contributed by atoms with Gasteiger partial charge in [0, 0.05) is 11.6 Å². The van der Waals surface area contributed by atoms with Gasteiger partial charge in [-0.3, -0.25) is 0 Å². The number of hydrogen-bond donors (Lipinski definition) is 1. The first kappa shape index (κ1) is 12.2. The van der Waals surface area contributed by atoms with Gasteiger partial charge in [-0.15, -0.1) is 0 Å². The molecule has 1 fully saturated rings. The molecule has 17 heavy (non-hydrogen) atoms. The van der Waals surface area contributed by atoms with E-state index in [0.29, 0.717) is 5.56 Å². The average Bonchev–Trinajstić information content (AvgIpc) is 2.59. The van der Waals surface area contributed by atoms with Gasteiger partial charge in [-0.05, 0) is 37.6 Å². The van der Waals surface area contributed by atoms with Gasteiger partial charge < -0.3 is 5.32 Å². The zero-order valence-electron chi connectivity index (χ0n) is 9.76. The Morgan fingerprint density at radius 2 is 2.06 bits per heavy atom. The topological polar surface area (TPSA) is 12.0 Å². The lowest BCUT2D eigenvalue weighted by molar-refractivity contribution is 0.593. The van der Waals surface area contributed by atoms with Crippen LogP contribution in [0.15, 0.2) is 24.3 Å². The van der Waals surface area contributed by atoms with E-state index in [1.807, 2.05) is 6.08 Å². The predicted octanol–water partition coefficient (Wildman–Crippen LogP) is 3.51. The van der Waals surface area contributed by atoms with Crippen LogP contribution in [-0.2, 0) is 0 Å². The summed E-state index contributed by atoms with van der Waals surface area (Å²) in [6.45, 7) is 1.00. The monoisotopic (exact) mass is 237 g/mol. The molecule has 0 bridgehead atoms. The maximum Gasteiger partial charge on any atom is 0.130 e. The van der Waals surface area contributed by atoms with Gasteiger partial charge in [0.1, 0.15) is 11.6 Å². The number of nitrogens with one attached hydrogen (secondary N) is 1. The van der Waals surface area contributed by atoms with Crippen LogP contribution in [-0.4, -0.2) is 12.6 Å². The quantitative estimate of drug-likeness (QED) is 0.830. The lowest BCUT2D eigenvalue weighted by atomic mass is 10.1. The molecule has 1 aromatic rings. The van der Waals surface area contributed by atoms with Crippen molar-refractivity contribution in [2.24, 2.45) is 0 Å². The Bertz CT molecular complexity index is 393. The van der Waals surface area contributed by atoms with Crippen molar-refractivity contribution in [1.29, 1.82) is 0 Å². The zero-order chi connectivity index (χ0) is 12.1. The molecule has 0 aromatic heterocycles. The molecule has 2 rings (SSSR count). The third kappa shape index (κ3) is 3.63. The Labute approximate surface area is 101 Å². The fourth-order valence-corrected chi connectivity index (χ4v) is 2.08. The van der Waals surface area contributed by atoms with E-state index in [4.69, 9.17) is 0 Å². The normalized spacial score (nSPS) is 21.6. The van der Waals surface area contributed by atoms with Crippen LogP contribution >= 0.6 is 0 Å². The summed E-state index contributed by atoms with van der Waals surface area (Å²) >= 11 is 0. The predicted molar refractivity (Wildman–Crippen MR) is 65.7 cm³/mol. The summed E-state index contributed by atoms with van der Waals surface area (Å²) in [7, 11) is 0. The molecule has 1 nitrogen and oxygen atoms in total. The van der Waals surface area contributed by atoms with Crippen molar-refractivity contribution < 1.29 is 8.78 Å². The van der Waals surface area contributed by atoms with Gasteiger partial charge >= 0.3 is 0 Å². The minimum Gasteiger partial charge on any atom is -0.311 e. The molecule has 1 aromatic carbocycles. The van der Waals surface area contributed by atoms with Gasteiger partial charge in [0.2, 0.25) is 0 Å². The molecule has 1 saturated heterocycles. The van der Waals surface area contributed by atoms with Crippen LogP contribution in [0.25, 0.3) is 6.08 Å². The summed E-state index contributed by atoms with van der Waals surface area (Å²) in [5, 5.41) is 3.38. The number of halogens is 2. The smallest absolute Gasteiger partial charge is 0.130 e. The summed E-state index contributed by atoms with van der Waals surface area (Å²) < 4.78 is 26.3. The highest BCUT2D eigenvalue weighted by Gasteiger charge is 2.08. The Morgan fingerprint density at radius 3 is 2.94 bits per heavy atom. The molecule has 0 aliphatic carbocycles. The first-order chi connectivity index (χ1) is 8.25. The highest BCUT2D eigenvalue weighted by Crippen LogP contribution is 2.14. The molecule has 0 amide bonds. The van der Waals surface area contributed by atoms with E-state index in [0.717, 1.165) is 25.1 Å². The van der Waals surface area contributed by atoms with E-state index < -0.39 is 5.82 Å². The second kappa shape index (κ2) is 5.92. The third-order valence-electron chi connectivity index (χ3n) is 3.06. The molecule has 1 aliphatic heterocycles. The van der Waals surface area contributed by atoms with Gasteiger partial charge in [0.15, 0.2) is 0 Å². The standard InChI is InChI=1S/C14H17F2N/c15-12-6-8-14(16)11(10-12)5-7-13-4-2-1-3-9-17-13/h5-8,10,13,17H,1-4,9H2/b7-5+. The second-order valence-corrected chi connectivity index (χ2v) is 4.43. The summed E-state index contributed by atoms with van der Waals surface area (Å²) in [4.78, 5) is 0. The van der Waals surface area contributed by atoms with Crippen LogP contribution in [0.5, 0.6) is 0 Å². The Morgan fingerprint density at radius 1 is 1.18 bits per heavy atom. The lowest BCUT2D eigenvalue weighted by Crippen LogP contribution is -2.25. The first-order valence-electron chi connectivity index (χ1n) is 6.12. The molecule has 0 saturated carbocycles. The molecular formula is C14H17F2N. The minimum atomic E-state index is -0.403. The molecule has 0 radical (unpaired) electrons. The van der Waals surface area contributed by atoms with Crippen LogP contribution in [0.1, 0.15) is 31.2 Å². The molecule has 1 aliphatic rings. The van der Waals surface area contributed by atoms with Crippen molar-refractivity contribution >= 4 is 6.08 Å². The Balaban J connectivity index is 2.05. The van der Waals surface area contributed by atoms with E-state index in [-0.39, 0.29) is 11.9 Å². The van der Waals surface area contributed by atoms with Crippen LogP contribution in [0.3, 0.4) is 0 Å². The summed E-state index contributed by atoms with van der Waals surface area (Å²) in [6, 6.07) is 3.80. The van der Waals surface area contributed by atoms with Crippen LogP contribution in [0.4, 0.5) is 8.78 Å². The van der Waals surface area contributed by atoms with Crippen LogP contribution in [0, 0.1) is 11.6 Å². The maximum atomic E-state index is 13.4. The largest absolute Gasteiger partial charge is 0.311 e. The van der Waals surface area contributed by atoms with Crippen molar-refractivity contribution in [2.45, 2.75) is 31.7 Å². The molecule has 0 spiro atoms. The van der Waals surface area contributed by atoms with E-state index in [1.54, 1.807) is 6.08 Å². The molecule has 1 atom stereocenters. The summed E-state index contributed by atoms with van der Waals surface area (Å²) in [6.07, 6.45) is 8.29. The average molecular weight is 237 g/mol. The van der Waals surface area contributed by atoms with E-state index in [2.05, 4.69) is 5.32 Å². The zero-order valence-corrected chi connectivity index (χ0v) is 9.76. The Kier molecular flexibility index (Phi) is 4.26. The van der Waals surface area contributed by atoms with E-state index >= 15 is 0 Å². The van der Waals surface area contributed by atoms with Gasteiger partial charge in [-0.2, -0.15) is 0 Å². The maximum absolute atomic E-state index is 13.4. The van der Waals surface area contributed by atoms with Gasteiger partial charge in [-0.1, -0.05) is 25.0 Å². The SMILES string of the molecule is Fc1ccc(F)c(/C=C/C2CCCCCN2)c1. The molecule has 92 valence electrons. The number of hydrogen-bond acceptors (Lipinski definition) is 1. The highest BCUT2D eigenvalue weighted by molar-refractivity contribution is 5.50. The van der Waals surface area contributed by atoms with Crippen molar-refractivity contribution in [3.05, 3.63) is 41.5 Å². The summed E-state index contributed by atoms with van der Waals surface area (Å²) in [5.74, 6) is -0.781. The van der Waals surface area contributed by atoms with Crippen molar-refractivity contribution in [3.63, 3.8) is 0 Å². The van der Waals surface area contributed by atoms with Crippen LogP contribution < -0.4 is 5.32 Å². The van der Waals surface area contributed by atoms with Gasteiger partial charge in [0.05, 0.1) is 0 Å². The first-order valence-corrected chi connectivity index (χ1v) is 6.12. The highest BCUT2D eigenvalue weighted by atomic mass is 19.1. The minimum absolute atomic E-state index is 0.278. The third-order valence-corrected chi connectivity index (χ3v) is 3.06. The molecule has 3 heteroatoms. The second-order valence-electron chi connectivity index (χ2n) is 4.43. The van der Waals surface area contributed by atoms with Gasteiger partial charge in [0.25, 0.3) is 0 Å². The van der Waals surface area contributed by atoms with Crippen LogP contribution in [0.2, 0.25) is 0 Å². The van der Waals surface area contributed by atoms with Crippen molar-refractivity contribution in [3.8, 4) is 0 Å². The fourth-order valence-electron chi connectivity index (χ4n) is 2.08. The van der Waals surface area contributed by atoms with E-state index in [1.165, 1.54) is 25.3 Å². The van der Waals surface area contributed by atoms with Crippen molar-refractivity contribution in [2.75, 3.05) is 6.54 Å². The fraction of sp³-hybridized carbons (Fsp3) is 0.429. The molecular weight excluding hydrogens is 220 g/mol. The number of rotatable bonds is 2. The van der Waals surface area contributed by atoms with E-state index in [9.17, 15) is 8.78 Å². The van der Waals surface area contributed by atoms with Crippen molar-refractivity contribution in [1.82, 2.24) is 5.32 Å². The number of benzene rings is 1. The summed E-state index contributed by atoms with van der Waals surface area (Å²) in [5.41, 5.74) is 0.316. The van der Waals surface area contributed by atoms with Gasteiger partial charge in [-0.25, -0.2) is 8.78 Å².